The largest absolute Gasteiger partial charge is 0.394 e. The van der Waals surface area contributed by atoms with Crippen LogP contribution in [-0.2, 0) is 61.6 Å². The molecule has 544 valence electrons. The zero-order valence-electron chi connectivity index (χ0n) is 53.6. The van der Waals surface area contributed by atoms with Gasteiger partial charge in [0.1, 0.15) is 134 Å². The lowest BCUT2D eigenvalue weighted by Gasteiger charge is -2.61. The highest BCUT2D eigenvalue weighted by Gasteiger charge is 2.69. The molecule has 7 aliphatic heterocycles. The summed E-state index contributed by atoms with van der Waals surface area (Å²) in [6.45, 7) is 6.61. The van der Waals surface area contributed by atoms with Gasteiger partial charge in [-0.15, -0.1) is 0 Å². The van der Waals surface area contributed by atoms with Crippen LogP contribution in [-0.4, -0.2) is 333 Å². The molecule has 11 aliphatic rings. The highest BCUT2D eigenvalue weighted by molar-refractivity contribution is 5.15. The number of aliphatic hydroxyl groups excluding tert-OH is 18. The Morgan fingerprint density at radius 3 is 1.72 bits per heavy atom. The summed E-state index contributed by atoms with van der Waals surface area (Å²) in [7, 11) is 0. The Kier molecular flexibility index (Phi) is 23.3. The zero-order chi connectivity index (χ0) is 67.9. The minimum Gasteiger partial charge on any atom is -0.394 e. The Balaban J connectivity index is 0.719. The van der Waals surface area contributed by atoms with Crippen LogP contribution in [0, 0.1) is 52.3 Å². The molecule has 4 aliphatic carbocycles. The third kappa shape index (κ3) is 13.8. The molecule has 0 amide bonds. The first-order valence-corrected chi connectivity index (χ1v) is 33.7. The van der Waals surface area contributed by atoms with Crippen molar-refractivity contribution in [2.45, 2.75) is 295 Å². The Labute approximate surface area is 544 Å². The van der Waals surface area contributed by atoms with E-state index in [2.05, 4.69) is 20.8 Å². The quantitative estimate of drug-likeness (QED) is 0.0504. The van der Waals surface area contributed by atoms with Crippen molar-refractivity contribution in [2.24, 2.45) is 52.3 Å². The molecule has 0 aromatic rings. The van der Waals surface area contributed by atoms with Crippen molar-refractivity contribution in [1.29, 1.82) is 0 Å². The van der Waals surface area contributed by atoms with E-state index in [1.807, 2.05) is 6.92 Å². The fraction of sp³-hybridized carbons (Fsp3) is 1.00. The minimum absolute atomic E-state index is 0.0588. The van der Waals surface area contributed by atoms with Crippen LogP contribution in [0.1, 0.15) is 98.8 Å². The van der Waals surface area contributed by atoms with E-state index in [1.165, 1.54) is 6.92 Å². The van der Waals surface area contributed by atoms with Gasteiger partial charge in [0, 0.05) is 12.3 Å². The maximum Gasteiger partial charge on any atom is 0.187 e. The molecule has 11 fully saturated rings. The molecular weight excluding hydrogens is 1260 g/mol. The first kappa shape index (κ1) is 73.9. The van der Waals surface area contributed by atoms with Gasteiger partial charge >= 0.3 is 0 Å². The van der Waals surface area contributed by atoms with E-state index in [1.54, 1.807) is 0 Å². The highest BCUT2D eigenvalue weighted by Crippen LogP contribution is 2.71. The van der Waals surface area contributed by atoms with Crippen molar-refractivity contribution in [3.8, 4) is 0 Å². The maximum atomic E-state index is 12.2. The molecule has 32 heteroatoms. The topological polar surface area (TPSA) is 504 Å². The monoisotopic (exact) mass is 1360 g/mol. The molecule has 4 saturated carbocycles. The standard InChI is InChI=1S/C62H104O32/c1-22(19-82-54-47(77)43(73)39(69)32(16-63)87-54)8-13-62(81)23(2)36-31(94-62)15-29-27-7-6-25-14-26(9-11-60(25,4)28(27)10-12-61(29,36)5)86-57-49(79)44(74)40(70)35(90-57)21-84-59-53(52(41(71)33(17-64)88-59)92-55-46(76)38(68)30(66)20-83-55)93-58-50(80)45(75)51(34(18-65)89-58)91-56-48(78)42(72)37(67)24(3)85-56/h22-59,63-81H,6-21H2,1-5H3. The normalized spacial score (nSPS) is 55.7. The first-order valence-electron chi connectivity index (χ1n) is 33.7. The Bertz CT molecular complexity index is 2440. The van der Waals surface area contributed by atoms with Crippen LogP contribution in [0.4, 0.5) is 0 Å². The van der Waals surface area contributed by atoms with Gasteiger partial charge in [0.2, 0.25) is 0 Å². The van der Waals surface area contributed by atoms with E-state index in [9.17, 15) is 97.0 Å². The second kappa shape index (κ2) is 29.6. The van der Waals surface area contributed by atoms with E-state index < -0.39 is 223 Å². The number of ether oxygens (including phenoxy) is 13. The fourth-order valence-electron chi connectivity index (χ4n) is 18.2. The van der Waals surface area contributed by atoms with Gasteiger partial charge in [-0.25, -0.2) is 0 Å². The summed E-state index contributed by atoms with van der Waals surface area (Å²) >= 11 is 0. The van der Waals surface area contributed by atoms with E-state index in [0.29, 0.717) is 43.4 Å². The van der Waals surface area contributed by atoms with Crippen molar-refractivity contribution >= 4 is 0 Å². The molecule has 32 nitrogen and oxygen atoms in total. The Morgan fingerprint density at radius 1 is 0.479 bits per heavy atom. The van der Waals surface area contributed by atoms with Gasteiger partial charge in [-0.1, -0.05) is 27.7 Å². The first-order chi connectivity index (χ1) is 44.5. The second-order valence-corrected chi connectivity index (χ2v) is 29.5. The van der Waals surface area contributed by atoms with Gasteiger partial charge in [-0.05, 0) is 111 Å². The summed E-state index contributed by atoms with van der Waals surface area (Å²) < 4.78 is 77.8. The predicted octanol–water partition coefficient (Wildman–Crippen LogP) is -6.64. The van der Waals surface area contributed by atoms with Crippen molar-refractivity contribution in [3.63, 3.8) is 0 Å². The molecule has 0 spiro atoms. The molecule has 41 atom stereocenters. The van der Waals surface area contributed by atoms with Crippen molar-refractivity contribution < 1.29 is 159 Å². The van der Waals surface area contributed by atoms with Gasteiger partial charge in [0.15, 0.2) is 43.5 Å². The van der Waals surface area contributed by atoms with Crippen molar-refractivity contribution in [3.05, 3.63) is 0 Å². The third-order valence-corrected chi connectivity index (χ3v) is 23.9. The molecule has 7 heterocycles. The van der Waals surface area contributed by atoms with Crippen LogP contribution in [0.3, 0.4) is 0 Å². The van der Waals surface area contributed by atoms with Gasteiger partial charge < -0.3 is 159 Å². The number of hydrogen-bond donors (Lipinski definition) is 19. The van der Waals surface area contributed by atoms with Gasteiger partial charge in [0.25, 0.3) is 0 Å². The summed E-state index contributed by atoms with van der Waals surface area (Å²) in [4.78, 5) is 0. The number of rotatable bonds is 20. The Hall–Kier alpha value is -1.28. The van der Waals surface area contributed by atoms with E-state index in [-0.39, 0.29) is 47.2 Å². The molecular formula is C62H104O32. The fourth-order valence-corrected chi connectivity index (χ4v) is 18.2. The molecule has 0 bridgehead atoms. The predicted molar refractivity (Wildman–Crippen MR) is 309 cm³/mol. The third-order valence-electron chi connectivity index (χ3n) is 23.9. The number of hydrogen-bond acceptors (Lipinski definition) is 32. The van der Waals surface area contributed by atoms with Crippen LogP contribution < -0.4 is 0 Å². The number of fused-ring (bicyclic) bond motifs is 7. The summed E-state index contributed by atoms with van der Waals surface area (Å²) in [5.41, 5.74) is -0.137. The van der Waals surface area contributed by atoms with Crippen molar-refractivity contribution in [1.82, 2.24) is 0 Å². The summed E-state index contributed by atoms with van der Waals surface area (Å²) in [6, 6.07) is 0. The van der Waals surface area contributed by atoms with Crippen molar-refractivity contribution in [2.75, 3.05) is 39.6 Å². The summed E-state index contributed by atoms with van der Waals surface area (Å²) in [5, 5.41) is 206. The SMILES string of the molecule is CC(CCC1(O)OC2CC3C4CCC5CC(OC6OC(COC7OC(CO)C(O)C(OC8OCC(O)C(O)C8O)C7OC7OC(CO)C(OC8OC(C)C(O)C(O)C8O)C(O)C7O)C(O)C(O)C6O)CCC5(C)C4CCC3(C)C2C1C)COC1OC(CO)C(O)C(O)C1O. The van der Waals surface area contributed by atoms with Crippen LogP contribution in [0.15, 0.2) is 0 Å². The summed E-state index contributed by atoms with van der Waals surface area (Å²) in [5.74, 6) is -0.0796. The zero-order valence-corrected chi connectivity index (χ0v) is 53.6. The molecule has 0 aromatic carbocycles. The smallest absolute Gasteiger partial charge is 0.187 e. The molecule has 11 rings (SSSR count). The average molecular weight is 1360 g/mol. The van der Waals surface area contributed by atoms with Crippen LogP contribution in [0.2, 0.25) is 0 Å². The van der Waals surface area contributed by atoms with E-state index in [4.69, 9.17) is 61.6 Å². The lowest BCUT2D eigenvalue weighted by Crippen LogP contribution is -2.67. The molecule has 41 unspecified atom stereocenters. The van der Waals surface area contributed by atoms with E-state index in [0.717, 1.165) is 38.5 Å². The lowest BCUT2D eigenvalue weighted by atomic mass is 9.44. The van der Waals surface area contributed by atoms with Crippen LogP contribution in [0.25, 0.3) is 0 Å². The Morgan fingerprint density at radius 2 is 1.03 bits per heavy atom. The highest BCUT2D eigenvalue weighted by atomic mass is 16.8. The van der Waals surface area contributed by atoms with Crippen LogP contribution >= 0.6 is 0 Å². The molecule has 0 aromatic heterocycles. The van der Waals surface area contributed by atoms with Crippen LogP contribution in [0.5, 0.6) is 0 Å². The minimum atomic E-state index is -2.13. The maximum absolute atomic E-state index is 12.2. The molecule has 19 N–H and O–H groups in total. The molecule has 0 radical (unpaired) electrons. The molecule has 94 heavy (non-hydrogen) atoms. The average Bonchev–Trinajstić information content (AvgIpc) is 1.50. The van der Waals surface area contributed by atoms with Gasteiger partial charge in [-0.2, -0.15) is 0 Å². The second-order valence-electron chi connectivity index (χ2n) is 29.5. The van der Waals surface area contributed by atoms with Gasteiger partial charge in [0.05, 0.1) is 58.0 Å². The van der Waals surface area contributed by atoms with E-state index >= 15 is 0 Å². The number of aliphatic hydroxyl groups is 19. The lowest BCUT2D eigenvalue weighted by molar-refractivity contribution is -0.399. The van der Waals surface area contributed by atoms with Gasteiger partial charge in [-0.3, -0.25) is 0 Å². The molecule has 7 saturated heterocycles. The summed E-state index contributed by atoms with van der Waals surface area (Å²) in [6.07, 6.45) is -42.0.